The van der Waals surface area contributed by atoms with E-state index in [0.29, 0.717) is 31.2 Å². The number of benzene rings is 1. The first-order chi connectivity index (χ1) is 14.9. The normalized spacial score (nSPS) is 16.0. The van der Waals surface area contributed by atoms with Crippen LogP contribution in [0.15, 0.2) is 53.5 Å². The molecule has 1 fully saturated rings. The van der Waals surface area contributed by atoms with Gasteiger partial charge in [0.2, 0.25) is 11.9 Å². The summed E-state index contributed by atoms with van der Waals surface area (Å²) in [4.78, 5) is 40.7. The molecule has 1 saturated heterocycles. The molecule has 0 radical (unpaired) electrons. The topological polar surface area (TPSA) is 82.2 Å². The van der Waals surface area contributed by atoms with Crippen LogP contribution < -0.4 is 15.4 Å². The average Bonchev–Trinajstić information content (AvgIpc) is 3.15. The van der Waals surface area contributed by atoms with Crippen LogP contribution >= 0.6 is 0 Å². The van der Waals surface area contributed by atoms with Crippen molar-refractivity contribution in [2.24, 2.45) is 0 Å². The van der Waals surface area contributed by atoms with Crippen molar-refractivity contribution in [3.05, 3.63) is 81.5 Å². The molecule has 7 heteroatoms. The standard InChI is InChI=1S/C24H27N5O2/c1-16-7-6-9-21(17(16)2)29-15-18(13-23(29)31)20-14-22(30)27-24(26-20)28(3)12-10-19-8-4-5-11-25-19/h4-9,11,14,18H,10,12-13,15H2,1-3H3,(H,26,27,30)/t18-/m0/s1. The molecular formula is C24H27N5O2. The highest BCUT2D eigenvalue weighted by Crippen LogP contribution is 2.33. The van der Waals surface area contributed by atoms with Crippen LogP contribution in [-0.2, 0) is 11.2 Å². The van der Waals surface area contributed by atoms with E-state index >= 15 is 0 Å². The number of aromatic amines is 1. The first-order valence-electron chi connectivity index (χ1n) is 10.5. The zero-order valence-corrected chi connectivity index (χ0v) is 18.1. The minimum atomic E-state index is -0.206. The van der Waals surface area contributed by atoms with Gasteiger partial charge in [-0.05, 0) is 43.2 Å². The molecule has 1 aliphatic rings. The number of carbonyl (C=O) groups excluding carboxylic acids is 1. The maximum Gasteiger partial charge on any atom is 0.252 e. The summed E-state index contributed by atoms with van der Waals surface area (Å²) in [6, 6.07) is 13.3. The lowest BCUT2D eigenvalue weighted by Gasteiger charge is -2.21. The summed E-state index contributed by atoms with van der Waals surface area (Å²) in [6.45, 7) is 5.27. The first kappa shape index (κ1) is 20.8. The Kier molecular flexibility index (Phi) is 5.84. The largest absolute Gasteiger partial charge is 0.345 e. The minimum Gasteiger partial charge on any atom is -0.345 e. The van der Waals surface area contributed by atoms with Gasteiger partial charge in [-0.3, -0.25) is 19.6 Å². The van der Waals surface area contributed by atoms with Crippen LogP contribution in [0.3, 0.4) is 0 Å². The Bertz CT molecular complexity index is 1140. The molecule has 0 aliphatic carbocycles. The summed E-state index contributed by atoms with van der Waals surface area (Å²) in [6.07, 6.45) is 2.86. The first-order valence-corrected chi connectivity index (χ1v) is 10.5. The highest BCUT2D eigenvalue weighted by Gasteiger charge is 2.33. The van der Waals surface area contributed by atoms with Gasteiger partial charge in [-0.25, -0.2) is 4.98 Å². The Morgan fingerprint density at radius 3 is 2.77 bits per heavy atom. The fourth-order valence-electron chi connectivity index (χ4n) is 3.95. The molecule has 1 aromatic carbocycles. The van der Waals surface area contributed by atoms with Gasteiger partial charge in [0.1, 0.15) is 0 Å². The lowest BCUT2D eigenvalue weighted by molar-refractivity contribution is -0.117. The maximum atomic E-state index is 12.8. The van der Waals surface area contributed by atoms with Crippen molar-refractivity contribution in [2.45, 2.75) is 32.6 Å². The number of rotatable bonds is 6. The van der Waals surface area contributed by atoms with Gasteiger partial charge < -0.3 is 9.80 Å². The van der Waals surface area contributed by atoms with Gasteiger partial charge in [0.05, 0.1) is 5.69 Å². The van der Waals surface area contributed by atoms with Gasteiger partial charge >= 0.3 is 0 Å². The zero-order valence-electron chi connectivity index (χ0n) is 18.1. The molecule has 1 aliphatic heterocycles. The summed E-state index contributed by atoms with van der Waals surface area (Å²) in [5.74, 6) is 0.458. The fraction of sp³-hybridized carbons (Fsp3) is 0.333. The maximum absolute atomic E-state index is 12.8. The van der Waals surface area contributed by atoms with Crippen LogP contribution in [0.2, 0.25) is 0 Å². The minimum absolute atomic E-state index is 0.0610. The van der Waals surface area contributed by atoms with E-state index < -0.39 is 0 Å². The molecule has 0 spiro atoms. The second kappa shape index (κ2) is 8.71. The number of hydrogen-bond donors (Lipinski definition) is 1. The van der Waals surface area contributed by atoms with Crippen LogP contribution in [-0.4, -0.2) is 41.0 Å². The van der Waals surface area contributed by atoms with Gasteiger partial charge in [0, 0.05) is 62.5 Å². The van der Waals surface area contributed by atoms with Gasteiger partial charge in [-0.1, -0.05) is 18.2 Å². The highest BCUT2D eigenvalue weighted by molar-refractivity contribution is 5.97. The molecule has 3 aromatic rings. The molecule has 7 nitrogen and oxygen atoms in total. The van der Waals surface area contributed by atoms with E-state index in [-0.39, 0.29) is 17.4 Å². The van der Waals surface area contributed by atoms with Gasteiger partial charge in [0.25, 0.3) is 5.56 Å². The predicted octanol–water partition coefficient (Wildman–Crippen LogP) is 2.98. The zero-order chi connectivity index (χ0) is 22.0. The second-order valence-corrected chi connectivity index (χ2v) is 8.11. The third kappa shape index (κ3) is 4.50. The summed E-state index contributed by atoms with van der Waals surface area (Å²) >= 11 is 0. The molecule has 2 aromatic heterocycles. The Morgan fingerprint density at radius 2 is 2.00 bits per heavy atom. The highest BCUT2D eigenvalue weighted by atomic mass is 16.2. The average molecular weight is 418 g/mol. The number of likely N-dealkylation sites (N-methyl/N-ethyl adjacent to an activating group) is 1. The smallest absolute Gasteiger partial charge is 0.252 e. The predicted molar refractivity (Wildman–Crippen MR) is 122 cm³/mol. The van der Waals surface area contributed by atoms with Crippen molar-refractivity contribution in [1.29, 1.82) is 0 Å². The second-order valence-electron chi connectivity index (χ2n) is 8.11. The molecule has 4 rings (SSSR count). The van der Waals surface area contributed by atoms with Crippen LogP contribution in [0.25, 0.3) is 0 Å². The number of pyridine rings is 1. The van der Waals surface area contributed by atoms with E-state index in [1.807, 2.05) is 67.1 Å². The Hall–Kier alpha value is -3.48. The van der Waals surface area contributed by atoms with Crippen molar-refractivity contribution in [3.63, 3.8) is 0 Å². The molecule has 0 bridgehead atoms. The number of aryl methyl sites for hydroxylation is 1. The third-order valence-electron chi connectivity index (χ3n) is 5.95. The van der Waals surface area contributed by atoms with Crippen molar-refractivity contribution in [2.75, 3.05) is 29.9 Å². The lowest BCUT2D eigenvalue weighted by atomic mass is 10.0. The van der Waals surface area contributed by atoms with Gasteiger partial charge in [0.15, 0.2) is 0 Å². The van der Waals surface area contributed by atoms with E-state index in [0.717, 1.165) is 28.9 Å². The molecular weight excluding hydrogens is 390 g/mol. The molecule has 0 saturated carbocycles. The number of nitrogens with one attached hydrogen (secondary N) is 1. The fourth-order valence-corrected chi connectivity index (χ4v) is 3.95. The molecule has 1 N–H and O–H groups in total. The quantitative estimate of drug-likeness (QED) is 0.667. The van der Waals surface area contributed by atoms with Gasteiger partial charge in [-0.2, -0.15) is 0 Å². The summed E-state index contributed by atoms with van der Waals surface area (Å²) in [5.41, 5.74) is 4.63. The molecule has 1 amide bonds. The molecule has 1 atom stereocenters. The molecule has 3 heterocycles. The number of aromatic nitrogens is 3. The van der Waals surface area contributed by atoms with Crippen molar-refractivity contribution < 1.29 is 4.79 Å². The monoisotopic (exact) mass is 417 g/mol. The number of nitrogens with zero attached hydrogens (tertiary/aromatic N) is 4. The van der Waals surface area contributed by atoms with Gasteiger partial charge in [-0.15, -0.1) is 0 Å². The van der Waals surface area contributed by atoms with E-state index in [9.17, 15) is 9.59 Å². The molecule has 0 unspecified atom stereocenters. The summed E-state index contributed by atoms with van der Waals surface area (Å²) in [5, 5.41) is 0. The number of anilines is 2. The van der Waals surface area contributed by atoms with Crippen molar-refractivity contribution >= 4 is 17.5 Å². The Morgan fingerprint density at radius 1 is 1.16 bits per heavy atom. The number of amides is 1. The summed E-state index contributed by atoms with van der Waals surface area (Å²) in [7, 11) is 1.90. The lowest BCUT2D eigenvalue weighted by Crippen LogP contribution is -2.27. The molecule has 31 heavy (non-hydrogen) atoms. The van der Waals surface area contributed by atoms with Crippen molar-refractivity contribution in [1.82, 2.24) is 15.0 Å². The van der Waals surface area contributed by atoms with Crippen LogP contribution in [0.5, 0.6) is 0 Å². The number of hydrogen-bond acceptors (Lipinski definition) is 5. The van der Waals surface area contributed by atoms with Crippen LogP contribution in [0.4, 0.5) is 11.6 Å². The Labute approximate surface area is 181 Å². The summed E-state index contributed by atoms with van der Waals surface area (Å²) < 4.78 is 0. The molecule has 160 valence electrons. The van der Waals surface area contributed by atoms with Crippen LogP contribution in [0.1, 0.15) is 34.9 Å². The number of H-pyrrole nitrogens is 1. The third-order valence-corrected chi connectivity index (χ3v) is 5.95. The van der Waals surface area contributed by atoms with E-state index in [2.05, 4.69) is 9.97 Å². The SMILES string of the molecule is Cc1cccc(N2C[C@@H](c3cc(=O)[nH]c(N(C)CCc4ccccn4)n3)CC2=O)c1C. The van der Waals surface area contributed by atoms with E-state index in [1.54, 1.807) is 6.20 Å². The van der Waals surface area contributed by atoms with E-state index in [4.69, 9.17) is 4.98 Å². The number of carbonyl (C=O) groups is 1. The van der Waals surface area contributed by atoms with Crippen LogP contribution in [0, 0.1) is 13.8 Å². The van der Waals surface area contributed by atoms with Crippen molar-refractivity contribution in [3.8, 4) is 0 Å². The van der Waals surface area contributed by atoms with E-state index in [1.165, 1.54) is 6.07 Å². The Balaban J connectivity index is 1.52.